The number of nitriles is 1. The fourth-order valence-corrected chi connectivity index (χ4v) is 3.76. The minimum absolute atomic E-state index is 0.257. The van der Waals surface area contributed by atoms with Crippen LogP contribution in [-0.4, -0.2) is 0 Å². The Kier molecular flexibility index (Phi) is 5.96. The third kappa shape index (κ3) is 4.45. The first kappa shape index (κ1) is 18.5. The highest BCUT2D eigenvalue weighted by molar-refractivity contribution is 8.03. The van der Waals surface area contributed by atoms with E-state index in [0.29, 0.717) is 17.7 Å². The van der Waals surface area contributed by atoms with Gasteiger partial charge in [-0.2, -0.15) is 5.26 Å². The fraction of sp³-hybridized carbons (Fsp3) is 0.318. The number of thiocyanates is 1. The SMILES string of the molecule is CC1CCC(c2ccc(C#Cc3cc(F)c(SC#N)c(F)c3)cc2)CC1. The van der Waals surface area contributed by atoms with Crippen molar-refractivity contribution in [1.29, 1.82) is 5.26 Å². The minimum Gasteiger partial charge on any atom is -0.206 e. The number of rotatable bonds is 2. The van der Waals surface area contributed by atoms with Gasteiger partial charge in [-0.05, 0) is 66.3 Å². The number of hydrogen-bond donors (Lipinski definition) is 0. The van der Waals surface area contributed by atoms with Gasteiger partial charge in [0, 0.05) is 11.1 Å². The lowest BCUT2D eigenvalue weighted by molar-refractivity contribution is 0.348. The van der Waals surface area contributed by atoms with Gasteiger partial charge in [0.15, 0.2) is 0 Å². The molecular weight excluding hydrogens is 348 g/mol. The van der Waals surface area contributed by atoms with E-state index in [9.17, 15) is 8.78 Å². The molecule has 4 heteroatoms. The molecule has 26 heavy (non-hydrogen) atoms. The van der Waals surface area contributed by atoms with Gasteiger partial charge in [-0.15, -0.1) is 0 Å². The van der Waals surface area contributed by atoms with Crippen LogP contribution in [0.1, 0.15) is 55.2 Å². The van der Waals surface area contributed by atoms with Crippen LogP contribution in [0.25, 0.3) is 0 Å². The maximum Gasteiger partial charge on any atom is 0.142 e. The smallest absolute Gasteiger partial charge is 0.142 e. The molecule has 0 bridgehead atoms. The Bertz CT molecular complexity index is 856. The lowest BCUT2D eigenvalue weighted by atomic mass is 9.79. The van der Waals surface area contributed by atoms with Crippen LogP contribution >= 0.6 is 11.8 Å². The highest BCUT2D eigenvalue weighted by Gasteiger charge is 2.19. The molecule has 0 saturated heterocycles. The molecule has 0 aliphatic heterocycles. The van der Waals surface area contributed by atoms with Crippen molar-refractivity contribution in [1.82, 2.24) is 0 Å². The first-order valence-corrected chi connectivity index (χ1v) is 9.55. The molecule has 0 heterocycles. The van der Waals surface area contributed by atoms with E-state index in [-0.39, 0.29) is 10.5 Å². The summed E-state index contributed by atoms with van der Waals surface area (Å²) in [7, 11) is 0. The summed E-state index contributed by atoms with van der Waals surface area (Å²) < 4.78 is 27.7. The molecule has 1 aliphatic rings. The van der Waals surface area contributed by atoms with E-state index in [1.165, 1.54) is 31.2 Å². The maximum atomic E-state index is 13.8. The molecule has 1 fully saturated rings. The summed E-state index contributed by atoms with van der Waals surface area (Å²) in [6.07, 6.45) is 5.03. The van der Waals surface area contributed by atoms with Crippen molar-refractivity contribution >= 4 is 11.8 Å². The molecule has 0 amide bonds. The molecule has 0 aromatic heterocycles. The van der Waals surface area contributed by atoms with Crippen LogP contribution < -0.4 is 0 Å². The van der Waals surface area contributed by atoms with E-state index in [2.05, 4.69) is 30.9 Å². The topological polar surface area (TPSA) is 23.8 Å². The molecule has 0 atom stereocenters. The number of benzene rings is 2. The van der Waals surface area contributed by atoms with Gasteiger partial charge in [0.1, 0.15) is 17.0 Å². The van der Waals surface area contributed by atoms with E-state index in [1.807, 2.05) is 12.1 Å². The van der Waals surface area contributed by atoms with Crippen molar-refractivity contribution in [2.75, 3.05) is 0 Å². The summed E-state index contributed by atoms with van der Waals surface area (Å²) in [6, 6.07) is 10.5. The van der Waals surface area contributed by atoms with E-state index in [1.54, 1.807) is 5.40 Å². The Hall–Kier alpha value is -2.30. The van der Waals surface area contributed by atoms with Crippen LogP contribution in [0.4, 0.5) is 8.78 Å². The van der Waals surface area contributed by atoms with Gasteiger partial charge in [0.05, 0.1) is 4.90 Å². The Morgan fingerprint density at radius 3 is 2.08 bits per heavy atom. The summed E-state index contributed by atoms with van der Waals surface area (Å²) in [5, 5.41) is 10.2. The molecule has 0 N–H and O–H groups in total. The van der Waals surface area contributed by atoms with E-state index >= 15 is 0 Å². The third-order valence-corrected chi connectivity index (χ3v) is 5.58. The van der Waals surface area contributed by atoms with Crippen molar-refractivity contribution in [2.24, 2.45) is 5.92 Å². The van der Waals surface area contributed by atoms with E-state index < -0.39 is 11.6 Å². The molecule has 0 spiro atoms. The van der Waals surface area contributed by atoms with Crippen molar-refractivity contribution in [2.45, 2.75) is 43.4 Å². The zero-order valence-electron chi connectivity index (χ0n) is 14.6. The average molecular weight is 367 g/mol. The second kappa shape index (κ2) is 8.39. The van der Waals surface area contributed by atoms with E-state index in [0.717, 1.165) is 23.6 Å². The Labute approximate surface area is 157 Å². The molecule has 1 saturated carbocycles. The van der Waals surface area contributed by atoms with Gasteiger partial charge in [0.25, 0.3) is 0 Å². The molecule has 0 radical (unpaired) electrons. The third-order valence-electron chi connectivity index (χ3n) is 4.90. The van der Waals surface area contributed by atoms with E-state index in [4.69, 9.17) is 5.26 Å². The monoisotopic (exact) mass is 367 g/mol. The second-order valence-electron chi connectivity index (χ2n) is 6.79. The molecule has 0 unspecified atom stereocenters. The summed E-state index contributed by atoms with van der Waals surface area (Å²) in [5.74, 6) is 5.68. The maximum absolute atomic E-state index is 13.8. The molecule has 2 aromatic carbocycles. The fourth-order valence-electron chi connectivity index (χ4n) is 3.35. The van der Waals surface area contributed by atoms with Gasteiger partial charge in [-0.1, -0.05) is 43.7 Å². The molecule has 1 aliphatic carbocycles. The first-order valence-electron chi connectivity index (χ1n) is 8.73. The van der Waals surface area contributed by atoms with Crippen LogP contribution in [0.3, 0.4) is 0 Å². The van der Waals surface area contributed by atoms with Crippen molar-refractivity contribution in [3.63, 3.8) is 0 Å². The predicted octanol–water partition coefficient (Wildman–Crippen LogP) is 6.23. The zero-order valence-corrected chi connectivity index (χ0v) is 15.4. The first-order chi connectivity index (χ1) is 12.6. The zero-order chi connectivity index (χ0) is 18.5. The summed E-state index contributed by atoms with van der Waals surface area (Å²) >= 11 is 0.474. The summed E-state index contributed by atoms with van der Waals surface area (Å²) in [5.41, 5.74) is 2.42. The highest BCUT2D eigenvalue weighted by Crippen LogP contribution is 2.35. The molecular formula is C22H19F2NS. The quantitative estimate of drug-likeness (QED) is 0.357. The van der Waals surface area contributed by atoms with Crippen LogP contribution in [0.15, 0.2) is 41.3 Å². The van der Waals surface area contributed by atoms with Gasteiger partial charge >= 0.3 is 0 Å². The van der Waals surface area contributed by atoms with Crippen LogP contribution in [0.2, 0.25) is 0 Å². The Morgan fingerprint density at radius 2 is 1.50 bits per heavy atom. The normalized spacial score (nSPS) is 19.3. The highest BCUT2D eigenvalue weighted by atomic mass is 32.2. The van der Waals surface area contributed by atoms with Crippen LogP contribution in [0, 0.1) is 40.1 Å². The van der Waals surface area contributed by atoms with Gasteiger partial charge in [0.2, 0.25) is 0 Å². The lowest BCUT2D eigenvalue weighted by Crippen LogP contribution is -2.10. The number of halogens is 2. The Balaban J connectivity index is 1.73. The van der Waals surface area contributed by atoms with Crippen LogP contribution in [0.5, 0.6) is 0 Å². The van der Waals surface area contributed by atoms with Crippen molar-refractivity contribution < 1.29 is 8.78 Å². The largest absolute Gasteiger partial charge is 0.206 e. The molecule has 2 aromatic rings. The lowest BCUT2D eigenvalue weighted by Gasteiger charge is -2.26. The Morgan fingerprint density at radius 1 is 0.923 bits per heavy atom. The minimum atomic E-state index is -0.761. The number of nitrogens with zero attached hydrogens (tertiary/aromatic N) is 1. The summed E-state index contributed by atoms with van der Waals surface area (Å²) in [4.78, 5) is -0.288. The van der Waals surface area contributed by atoms with Crippen LogP contribution in [-0.2, 0) is 0 Å². The average Bonchev–Trinajstić information content (AvgIpc) is 2.64. The number of thioether (sulfide) groups is 1. The standard InChI is InChI=1S/C22H19F2NS/c1-15-2-8-18(9-3-15)19-10-6-16(7-11-19)4-5-17-12-20(23)22(26-14-25)21(24)13-17/h6-7,10-13,15,18H,2-3,8-9H2,1H3. The van der Waals surface area contributed by atoms with Gasteiger partial charge < -0.3 is 0 Å². The van der Waals surface area contributed by atoms with Gasteiger partial charge in [-0.25, -0.2) is 8.78 Å². The second-order valence-corrected chi connectivity index (χ2v) is 7.59. The molecule has 1 nitrogen and oxygen atoms in total. The van der Waals surface area contributed by atoms with Gasteiger partial charge in [-0.3, -0.25) is 0 Å². The number of hydrogen-bond acceptors (Lipinski definition) is 2. The van der Waals surface area contributed by atoms with Crippen molar-refractivity contribution in [3.05, 3.63) is 64.7 Å². The summed E-state index contributed by atoms with van der Waals surface area (Å²) in [6.45, 7) is 2.31. The molecule has 132 valence electrons. The molecule has 3 rings (SSSR count). The predicted molar refractivity (Wildman–Crippen MR) is 101 cm³/mol. The van der Waals surface area contributed by atoms with Crippen molar-refractivity contribution in [3.8, 4) is 17.2 Å².